The molecule has 0 radical (unpaired) electrons. The fourth-order valence-electron chi connectivity index (χ4n) is 2.99. The maximum absolute atomic E-state index is 9.30. The van der Waals surface area contributed by atoms with Gasteiger partial charge in [-0.05, 0) is 54.2 Å². The largest absolute Gasteiger partial charge is 0.493 e. The minimum atomic E-state index is 0.0179. The molecule has 0 aliphatic heterocycles. The first kappa shape index (κ1) is 14.6. The summed E-state index contributed by atoms with van der Waals surface area (Å²) in [5.74, 6) is 1.29. The number of aryl methyl sites for hydroxylation is 1. The first-order valence-corrected chi connectivity index (χ1v) is 8.17. The van der Waals surface area contributed by atoms with E-state index in [1.807, 2.05) is 18.2 Å². The standard InChI is InChI=1S/C18H19BrO2/c19-18-9-8-16(10-15(18)11-20)21-12-14-6-3-5-13-4-1-2-7-17(13)14/h1-2,4,7-10,14,20H,3,5-6,11-12H2. The molecule has 3 heteroatoms. The van der Waals surface area contributed by atoms with Crippen LogP contribution in [0.3, 0.4) is 0 Å². The summed E-state index contributed by atoms with van der Waals surface area (Å²) in [6, 6.07) is 14.5. The molecule has 2 nitrogen and oxygen atoms in total. The Morgan fingerprint density at radius 1 is 1.19 bits per heavy atom. The zero-order valence-electron chi connectivity index (χ0n) is 11.9. The quantitative estimate of drug-likeness (QED) is 0.886. The van der Waals surface area contributed by atoms with Gasteiger partial charge in [-0.2, -0.15) is 0 Å². The number of aliphatic hydroxyl groups excluding tert-OH is 1. The molecule has 0 heterocycles. The van der Waals surface area contributed by atoms with Crippen molar-refractivity contribution in [2.24, 2.45) is 0 Å². The minimum absolute atomic E-state index is 0.0179. The lowest BCUT2D eigenvalue weighted by Gasteiger charge is -2.25. The van der Waals surface area contributed by atoms with Gasteiger partial charge in [0.1, 0.15) is 5.75 Å². The molecule has 0 bridgehead atoms. The fourth-order valence-corrected chi connectivity index (χ4v) is 3.36. The van der Waals surface area contributed by atoms with E-state index >= 15 is 0 Å². The smallest absolute Gasteiger partial charge is 0.119 e. The third-order valence-electron chi connectivity index (χ3n) is 4.13. The van der Waals surface area contributed by atoms with E-state index in [0.29, 0.717) is 12.5 Å². The fraction of sp³-hybridized carbons (Fsp3) is 0.333. The molecule has 0 saturated carbocycles. The van der Waals surface area contributed by atoms with E-state index in [1.165, 1.54) is 30.4 Å². The van der Waals surface area contributed by atoms with Crippen molar-refractivity contribution in [1.29, 1.82) is 0 Å². The molecule has 1 aliphatic rings. The molecule has 3 rings (SSSR count). The van der Waals surface area contributed by atoms with Crippen LogP contribution in [0.15, 0.2) is 46.9 Å². The number of hydrogen-bond donors (Lipinski definition) is 1. The molecule has 0 spiro atoms. The van der Waals surface area contributed by atoms with E-state index in [0.717, 1.165) is 15.8 Å². The Balaban J connectivity index is 1.71. The van der Waals surface area contributed by atoms with Crippen molar-refractivity contribution in [2.75, 3.05) is 6.61 Å². The van der Waals surface area contributed by atoms with Crippen LogP contribution in [0.4, 0.5) is 0 Å². The Morgan fingerprint density at radius 3 is 2.90 bits per heavy atom. The summed E-state index contributed by atoms with van der Waals surface area (Å²) in [6.45, 7) is 0.716. The van der Waals surface area contributed by atoms with E-state index in [-0.39, 0.29) is 6.61 Å². The van der Waals surface area contributed by atoms with Crippen LogP contribution in [0.1, 0.15) is 35.4 Å². The highest BCUT2D eigenvalue weighted by Crippen LogP contribution is 2.32. The molecule has 0 saturated heterocycles. The molecule has 1 atom stereocenters. The Bertz CT molecular complexity index is 624. The normalized spacial score (nSPS) is 17.3. The third kappa shape index (κ3) is 3.30. The Kier molecular flexibility index (Phi) is 4.61. The molecule has 0 amide bonds. The molecule has 0 aromatic heterocycles. The first-order valence-electron chi connectivity index (χ1n) is 7.38. The van der Waals surface area contributed by atoms with Crippen molar-refractivity contribution in [2.45, 2.75) is 31.8 Å². The van der Waals surface area contributed by atoms with E-state index < -0.39 is 0 Å². The molecule has 1 N–H and O–H groups in total. The van der Waals surface area contributed by atoms with Gasteiger partial charge in [0, 0.05) is 10.4 Å². The van der Waals surface area contributed by atoms with Gasteiger partial charge < -0.3 is 9.84 Å². The molecular formula is C18H19BrO2. The predicted octanol–water partition coefficient (Wildman–Crippen LogP) is 4.44. The van der Waals surface area contributed by atoms with E-state index in [9.17, 15) is 5.11 Å². The third-order valence-corrected chi connectivity index (χ3v) is 4.91. The SMILES string of the molecule is OCc1cc(OCC2CCCc3ccccc32)ccc1Br. The summed E-state index contributed by atoms with van der Waals surface area (Å²) >= 11 is 3.42. The van der Waals surface area contributed by atoms with E-state index in [2.05, 4.69) is 40.2 Å². The zero-order chi connectivity index (χ0) is 14.7. The number of aliphatic hydroxyl groups is 1. The van der Waals surface area contributed by atoms with Crippen molar-refractivity contribution < 1.29 is 9.84 Å². The Morgan fingerprint density at radius 2 is 2.05 bits per heavy atom. The lowest BCUT2D eigenvalue weighted by molar-refractivity contribution is 0.268. The van der Waals surface area contributed by atoms with Crippen LogP contribution in [0.25, 0.3) is 0 Å². The summed E-state index contributed by atoms with van der Waals surface area (Å²) in [7, 11) is 0. The molecule has 110 valence electrons. The van der Waals surface area contributed by atoms with Crippen molar-refractivity contribution >= 4 is 15.9 Å². The van der Waals surface area contributed by atoms with Crippen LogP contribution in [0, 0.1) is 0 Å². The molecular weight excluding hydrogens is 328 g/mol. The van der Waals surface area contributed by atoms with Crippen LogP contribution in [-0.2, 0) is 13.0 Å². The molecule has 2 aromatic rings. The summed E-state index contributed by atoms with van der Waals surface area (Å²) in [5, 5.41) is 9.30. The van der Waals surface area contributed by atoms with Gasteiger partial charge in [0.05, 0.1) is 13.2 Å². The number of halogens is 1. The maximum atomic E-state index is 9.30. The van der Waals surface area contributed by atoms with Gasteiger partial charge >= 0.3 is 0 Å². The van der Waals surface area contributed by atoms with Crippen molar-refractivity contribution in [3.8, 4) is 5.75 Å². The second kappa shape index (κ2) is 6.63. The summed E-state index contributed by atoms with van der Waals surface area (Å²) in [5.41, 5.74) is 3.75. The summed E-state index contributed by atoms with van der Waals surface area (Å²) in [6.07, 6.45) is 3.59. The Labute approximate surface area is 133 Å². The van der Waals surface area contributed by atoms with Gasteiger partial charge in [0.2, 0.25) is 0 Å². The lowest BCUT2D eigenvalue weighted by Crippen LogP contribution is -2.16. The van der Waals surface area contributed by atoms with Crippen LogP contribution < -0.4 is 4.74 Å². The molecule has 21 heavy (non-hydrogen) atoms. The van der Waals surface area contributed by atoms with Crippen LogP contribution >= 0.6 is 15.9 Å². The predicted molar refractivity (Wildman–Crippen MR) is 87.7 cm³/mol. The monoisotopic (exact) mass is 346 g/mol. The highest BCUT2D eigenvalue weighted by molar-refractivity contribution is 9.10. The van der Waals surface area contributed by atoms with Crippen LogP contribution in [0.5, 0.6) is 5.75 Å². The van der Waals surface area contributed by atoms with Gasteiger partial charge in [-0.1, -0.05) is 40.2 Å². The molecule has 2 aromatic carbocycles. The van der Waals surface area contributed by atoms with Crippen molar-refractivity contribution in [3.63, 3.8) is 0 Å². The number of rotatable bonds is 4. The minimum Gasteiger partial charge on any atom is -0.493 e. The van der Waals surface area contributed by atoms with Gasteiger partial charge in [-0.25, -0.2) is 0 Å². The average molecular weight is 347 g/mol. The summed E-state index contributed by atoms with van der Waals surface area (Å²) < 4.78 is 6.88. The molecule has 1 aliphatic carbocycles. The van der Waals surface area contributed by atoms with Crippen LogP contribution in [-0.4, -0.2) is 11.7 Å². The van der Waals surface area contributed by atoms with Gasteiger partial charge in [-0.3, -0.25) is 0 Å². The van der Waals surface area contributed by atoms with Crippen molar-refractivity contribution in [1.82, 2.24) is 0 Å². The zero-order valence-corrected chi connectivity index (χ0v) is 13.5. The Hall–Kier alpha value is -1.32. The maximum Gasteiger partial charge on any atom is 0.119 e. The van der Waals surface area contributed by atoms with Gasteiger partial charge in [-0.15, -0.1) is 0 Å². The topological polar surface area (TPSA) is 29.5 Å². The second-order valence-electron chi connectivity index (χ2n) is 5.51. The first-order chi connectivity index (χ1) is 10.3. The summed E-state index contributed by atoms with van der Waals surface area (Å²) in [4.78, 5) is 0. The second-order valence-corrected chi connectivity index (χ2v) is 6.36. The highest BCUT2D eigenvalue weighted by atomic mass is 79.9. The number of fused-ring (bicyclic) bond motifs is 1. The van der Waals surface area contributed by atoms with Gasteiger partial charge in [0.15, 0.2) is 0 Å². The van der Waals surface area contributed by atoms with Crippen LogP contribution in [0.2, 0.25) is 0 Å². The molecule has 0 fully saturated rings. The van der Waals surface area contributed by atoms with E-state index in [4.69, 9.17) is 4.74 Å². The van der Waals surface area contributed by atoms with Gasteiger partial charge in [0.25, 0.3) is 0 Å². The number of ether oxygens (including phenoxy) is 1. The van der Waals surface area contributed by atoms with E-state index in [1.54, 1.807) is 0 Å². The van der Waals surface area contributed by atoms with Crippen molar-refractivity contribution in [3.05, 3.63) is 63.6 Å². The lowest BCUT2D eigenvalue weighted by atomic mass is 9.83. The highest BCUT2D eigenvalue weighted by Gasteiger charge is 2.20. The number of benzene rings is 2. The average Bonchev–Trinajstić information content (AvgIpc) is 2.54. The molecule has 1 unspecified atom stereocenters. The number of hydrogen-bond acceptors (Lipinski definition) is 2.